The number of nitrogens with one attached hydrogen (secondary N) is 1. The lowest BCUT2D eigenvalue weighted by molar-refractivity contribution is -0.384. The topological polar surface area (TPSA) is 90.7 Å². The third kappa shape index (κ3) is 4.64. The molecule has 0 bridgehead atoms. The van der Waals surface area contributed by atoms with Crippen LogP contribution in [0.5, 0.6) is 11.5 Å². The summed E-state index contributed by atoms with van der Waals surface area (Å²) in [5, 5.41) is 18.7. The third-order valence-corrected chi connectivity index (χ3v) is 9.58. The van der Waals surface area contributed by atoms with Gasteiger partial charge in [0, 0.05) is 35.4 Å². The number of rotatable bonds is 5. The maximum Gasteiger partial charge on any atom is 0.457 e. The quantitative estimate of drug-likeness (QED) is 0.126. The van der Waals surface area contributed by atoms with Crippen molar-refractivity contribution in [2.75, 3.05) is 5.32 Å². The van der Waals surface area contributed by atoms with Gasteiger partial charge >= 0.3 is 7.60 Å². The van der Waals surface area contributed by atoms with Crippen molar-refractivity contribution in [1.82, 2.24) is 0 Å². The minimum absolute atomic E-state index is 0.0384. The van der Waals surface area contributed by atoms with Crippen molar-refractivity contribution in [1.29, 1.82) is 0 Å². The monoisotopic (exact) mass is 572 g/mol. The molecule has 0 aliphatic carbocycles. The average Bonchev–Trinajstić information content (AvgIpc) is 3.01. The van der Waals surface area contributed by atoms with Crippen LogP contribution in [0.2, 0.25) is 0 Å². The lowest BCUT2D eigenvalue weighted by atomic mass is 9.93. The van der Waals surface area contributed by atoms with Crippen molar-refractivity contribution in [3.05, 3.63) is 154 Å². The smallest absolute Gasteiger partial charge is 0.414 e. The van der Waals surface area contributed by atoms with Crippen molar-refractivity contribution in [2.45, 2.75) is 12.2 Å². The van der Waals surface area contributed by atoms with Gasteiger partial charge in [0.05, 0.1) is 4.92 Å². The predicted octanol–water partition coefficient (Wildman–Crippen LogP) is 9.27. The zero-order valence-electron chi connectivity index (χ0n) is 22.3. The maximum atomic E-state index is 15.3. The molecule has 0 saturated heterocycles. The number of nitro groups is 1. The third-order valence-electron chi connectivity index (χ3n) is 7.61. The van der Waals surface area contributed by atoms with Gasteiger partial charge in [-0.2, -0.15) is 0 Å². The van der Waals surface area contributed by atoms with E-state index in [1.54, 1.807) is 12.1 Å². The fourth-order valence-electron chi connectivity index (χ4n) is 5.56. The summed E-state index contributed by atoms with van der Waals surface area (Å²) in [6.45, 7) is 0. The van der Waals surface area contributed by atoms with Gasteiger partial charge in [0.25, 0.3) is 5.69 Å². The van der Waals surface area contributed by atoms with E-state index in [-0.39, 0.29) is 5.69 Å². The highest BCUT2D eigenvalue weighted by Gasteiger charge is 2.43. The Balaban J connectivity index is 1.44. The fourth-order valence-corrected chi connectivity index (χ4v) is 7.54. The van der Waals surface area contributed by atoms with Crippen LogP contribution in [0.4, 0.5) is 11.4 Å². The Morgan fingerprint density at radius 3 is 1.74 bits per heavy atom. The molecule has 1 N–H and O–H groups in total. The molecular formula is C34H25N2O5P. The lowest BCUT2D eigenvalue weighted by Crippen LogP contribution is -2.20. The molecule has 0 aromatic heterocycles. The molecule has 1 atom stereocenters. The van der Waals surface area contributed by atoms with Crippen LogP contribution >= 0.6 is 7.60 Å². The zero-order valence-corrected chi connectivity index (χ0v) is 23.2. The van der Waals surface area contributed by atoms with Gasteiger partial charge in [0.15, 0.2) is 5.78 Å². The van der Waals surface area contributed by atoms with Crippen molar-refractivity contribution in [3.63, 3.8) is 0 Å². The van der Waals surface area contributed by atoms with E-state index in [1.165, 1.54) is 12.1 Å². The molecule has 0 amide bonds. The van der Waals surface area contributed by atoms with Crippen LogP contribution in [0.3, 0.4) is 0 Å². The summed E-state index contributed by atoms with van der Waals surface area (Å²) in [5.41, 5.74) is 3.04. The molecule has 0 radical (unpaired) electrons. The number of benzene rings is 6. The number of fused-ring (bicyclic) bond motifs is 6. The molecule has 1 unspecified atom stereocenters. The Kier molecular flexibility index (Phi) is 6.37. The molecular weight excluding hydrogens is 547 g/mol. The van der Waals surface area contributed by atoms with E-state index < -0.39 is 18.3 Å². The van der Waals surface area contributed by atoms with E-state index in [0.717, 1.165) is 32.7 Å². The first kappa shape index (κ1) is 25.8. The van der Waals surface area contributed by atoms with Gasteiger partial charge in [-0.25, -0.2) is 4.57 Å². The summed E-state index contributed by atoms with van der Waals surface area (Å²) in [4.78, 5) is 10.8. The minimum Gasteiger partial charge on any atom is -0.414 e. The first-order valence-electron chi connectivity index (χ1n) is 13.5. The summed E-state index contributed by atoms with van der Waals surface area (Å²) < 4.78 is 28.3. The van der Waals surface area contributed by atoms with Crippen LogP contribution in [-0.2, 0) is 11.0 Å². The van der Waals surface area contributed by atoms with Crippen molar-refractivity contribution >= 4 is 40.5 Å². The Morgan fingerprint density at radius 1 is 0.667 bits per heavy atom. The summed E-state index contributed by atoms with van der Waals surface area (Å²) in [5.74, 6) is 0.0426. The van der Waals surface area contributed by atoms with Crippen LogP contribution in [0.15, 0.2) is 127 Å². The molecule has 0 spiro atoms. The van der Waals surface area contributed by atoms with Gasteiger partial charge < -0.3 is 14.4 Å². The zero-order chi connectivity index (χ0) is 28.7. The van der Waals surface area contributed by atoms with Gasteiger partial charge in [-0.3, -0.25) is 10.1 Å². The van der Waals surface area contributed by atoms with Crippen LogP contribution in [0.1, 0.15) is 22.5 Å². The molecule has 0 saturated carbocycles. The van der Waals surface area contributed by atoms with E-state index in [4.69, 9.17) is 9.05 Å². The molecule has 6 aromatic carbocycles. The Hall–Kier alpha value is -5.13. The van der Waals surface area contributed by atoms with Crippen molar-refractivity contribution in [2.24, 2.45) is 0 Å². The molecule has 7 rings (SSSR count). The second-order valence-electron chi connectivity index (χ2n) is 10.2. The van der Waals surface area contributed by atoms with Crippen LogP contribution < -0.4 is 14.4 Å². The molecule has 42 heavy (non-hydrogen) atoms. The highest BCUT2D eigenvalue weighted by molar-refractivity contribution is 7.55. The number of non-ortho nitro benzene ring substituents is 1. The Labute approximate surface area is 242 Å². The van der Waals surface area contributed by atoms with Crippen LogP contribution in [-0.4, -0.2) is 4.92 Å². The largest absolute Gasteiger partial charge is 0.457 e. The number of nitro benzene ring substituents is 1. The van der Waals surface area contributed by atoms with Crippen LogP contribution in [0.25, 0.3) is 21.5 Å². The Bertz CT molecular complexity index is 1920. The number of anilines is 1. The van der Waals surface area contributed by atoms with Crippen LogP contribution in [0, 0.1) is 10.1 Å². The van der Waals surface area contributed by atoms with E-state index in [1.807, 2.05) is 78.9 Å². The molecule has 7 nitrogen and oxygen atoms in total. The molecule has 0 fully saturated rings. The van der Waals surface area contributed by atoms with Gasteiger partial charge in [-0.05, 0) is 51.4 Å². The van der Waals surface area contributed by atoms with E-state index in [0.29, 0.717) is 29.2 Å². The highest BCUT2D eigenvalue weighted by Crippen LogP contribution is 2.62. The number of hydrogen-bond donors (Lipinski definition) is 1. The predicted molar refractivity (Wildman–Crippen MR) is 165 cm³/mol. The maximum absolute atomic E-state index is 15.3. The normalized spacial score (nSPS) is 14.4. The fraction of sp³-hybridized carbons (Fsp3) is 0.0588. The standard InChI is InChI=1S/C34H25N2O5P/c37-36(38)27-18-16-26(17-19-27)35-34(25-10-2-1-3-11-25)42(39)40-32-20-14-23-8-4-6-12-28(23)30(32)22-31-29-13-7-5-9-24(29)15-21-33(31)41-42/h1-21,34-35H,22H2. The molecule has 1 heterocycles. The lowest BCUT2D eigenvalue weighted by Gasteiger charge is -2.32. The van der Waals surface area contributed by atoms with Crippen molar-refractivity contribution < 1.29 is 18.5 Å². The Morgan fingerprint density at radius 2 is 1.19 bits per heavy atom. The van der Waals surface area contributed by atoms with Gasteiger partial charge in [0.1, 0.15) is 11.5 Å². The highest BCUT2D eigenvalue weighted by atomic mass is 31.2. The summed E-state index contributed by atoms with van der Waals surface area (Å²) in [6.07, 6.45) is 0.527. The molecule has 6 aromatic rings. The van der Waals surface area contributed by atoms with E-state index >= 15 is 4.57 Å². The first-order valence-corrected chi connectivity index (χ1v) is 15.2. The molecule has 206 valence electrons. The van der Waals surface area contributed by atoms with Gasteiger partial charge in [0.2, 0.25) is 0 Å². The van der Waals surface area contributed by atoms with Gasteiger partial charge in [-0.15, -0.1) is 0 Å². The molecule has 1 aliphatic heterocycles. The average molecular weight is 573 g/mol. The molecule has 8 heteroatoms. The summed E-state index contributed by atoms with van der Waals surface area (Å²) in [6, 6.07) is 39.1. The summed E-state index contributed by atoms with van der Waals surface area (Å²) in [7, 11) is -4.08. The van der Waals surface area contributed by atoms with E-state index in [9.17, 15) is 10.1 Å². The number of nitrogens with zero attached hydrogens (tertiary/aromatic N) is 1. The minimum atomic E-state index is -4.08. The molecule has 1 aliphatic rings. The second-order valence-corrected chi connectivity index (χ2v) is 12.1. The van der Waals surface area contributed by atoms with Crippen molar-refractivity contribution in [3.8, 4) is 11.5 Å². The number of hydrogen-bond acceptors (Lipinski definition) is 6. The van der Waals surface area contributed by atoms with E-state index in [2.05, 4.69) is 29.6 Å². The SMILES string of the molecule is O=[N+]([O-])c1ccc(NC(c2ccccc2)P2(=O)Oc3ccc4ccccc4c3Cc3c(ccc4ccccc34)O2)cc1. The van der Waals surface area contributed by atoms with Gasteiger partial charge in [-0.1, -0.05) is 91.0 Å². The second kappa shape index (κ2) is 10.4. The summed E-state index contributed by atoms with van der Waals surface area (Å²) >= 11 is 0. The first-order chi connectivity index (χ1) is 20.5.